The predicted molar refractivity (Wildman–Crippen MR) is 99.6 cm³/mol. The Bertz CT molecular complexity index is 859. The number of rotatable bonds is 7. The second-order valence-electron chi connectivity index (χ2n) is 5.44. The summed E-state index contributed by atoms with van der Waals surface area (Å²) in [7, 11) is 0. The summed E-state index contributed by atoms with van der Waals surface area (Å²) in [6.45, 7) is 4.81. The number of nitrogens with zero attached hydrogens (tertiary/aromatic N) is 1. The molecule has 0 unspecified atom stereocenters. The number of ether oxygens (including phenoxy) is 2. The normalized spacial score (nSPS) is 10.5. The van der Waals surface area contributed by atoms with Crippen molar-refractivity contribution in [2.24, 2.45) is 0 Å². The Morgan fingerprint density at radius 2 is 1.88 bits per heavy atom. The van der Waals surface area contributed by atoms with Crippen LogP contribution in [-0.4, -0.2) is 17.9 Å². The molecule has 128 valence electrons. The first-order valence-electron chi connectivity index (χ1n) is 8.07. The maximum atomic E-state index is 10.9. The summed E-state index contributed by atoms with van der Waals surface area (Å²) in [4.78, 5) is 16.6. The molecule has 0 fully saturated rings. The molecule has 0 radical (unpaired) electrons. The van der Waals surface area contributed by atoms with E-state index in [0.717, 1.165) is 27.4 Å². The second-order valence-corrected chi connectivity index (χ2v) is 6.52. The van der Waals surface area contributed by atoms with Gasteiger partial charge in [0.05, 0.1) is 17.2 Å². The van der Waals surface area contributed by atoms with Crippen LogP contribution in [0.25, 0.3) is 10.6 Å². The lowest BCUT2D eigenvalue weighted by Gasteiger charge is -2.11. The van der Waals surface area contributed by atoms with Crippen molar-refractivity contribution in [2.45, 2.75) is 20.5 Å². The number of carbonyl (C=O) groups is 1. The fraction of sp³-hybridized carbons (Fsp3) is 0.200. The van der Waals surface area contributed by atoms with Crippen LogP contribution in [0.4, 0.5) is 0 Å². The Kier molecular flexibility index (Phi) is 5.46. The molecular formula is C20H19NO3S. The zero-order valence-corrected chi connectivity index (χ0v) is 15.0. The summed E-state index contributed by atoms with van der Waals surface area (Å²) in [5.74, 6) is 1.21. The Hall–Kier alpha value is -2.66. The molecule has 5 heteroatoms. The van der Waals surface area contributed by atoms with Gasteiger partial charge >= 0.3 is 0 Å². The SMILES string of the molecule is CCOc1cc(C=O)ccc1OCc1sc(-c2ccccc2)nc1C. The Morgan fingerprint density at radius 3 is 2.60 bits per heavy atom. The number of aryl methyl sites for hydroxylation is 1. The third-order valence-corrected chi connectivity index (χ3v) is 4.86. The van der Waals surface area contributed by atoms with Crippen LogP contribution in [0.15, 0.2) is 48.5 Å². The van der Waals surface area contributed by atoms with E-state index in [1.807, 2.05) is 44.2 Å². The van der Waals surface area contributed by atoms with Crippen molar-refractivity contribution in [2.75, 3.05) is 6.61 Å². The van der Waals surface area contributed by atoms with Crippen LogP contribution in [0.3, 0.4) is 0 Å². The number of aldehydes is 1. The first-order chi connectivity index (χ1) is 12.2. The number of carbonyl (C=O) groups excluding carboxylic acids is 1. The number of thiazole rings is 1. The van der Waals surface area contributed by atoms with Gasteiger partial charge in [0.2, 0.25) is 0 Å². The van der Waals surface area contributed by atoms with Crippen LogP contribution in [-0.2, 0) is 6.61 Å². The molecule has 25 heavy (non-hydrogen) atoms. The van der Waals surface area contributed by atoms with Crippen LogP contribution >= 0.6 is 11.3 Å². The lowest BCUT2D eigenvalue weighted by Crippen LogP contribution is -2.00. The highest BCUT2D eigenvalue weighted by atomic mass is 32.1. The number of benzene rings is 2. The molecule has 2 aromatic carbocycles. The average Bonchev–Trinajstić information content (AvgIpc) is 3.02. The lowest BCUT2D eigenvalue weighted by atomic mass is 10.2. The van der Waals surface area contributed by atoms with E-state index in [1.165, 1.54) is 0 Å². The van der Waals surface area contributed by atoms with Crippen molar-refractivity contribution >= 4 is 17.6 Å². The molecule has 0 spiro atoms. The van der Waals surface area contributed by atoms with Crippen molar-refractivity contribution in [1.29, 1.82) is 0 Å². The Labute approximate surface area is 151 Å². The molecule has 0 bridgehead atoms. The van der Waals surface area contributed by atoms with Gasteiger partial charge in [0.25, 0.3) is 0 Å². The Balaban J connectivity index is 1.78. The number of hydrogen-bond acceptors (Lipinski definition) is 5. The van der Waals surface area contributed by atoms with E-state index in [0.29, 0.717) is 30.3 Å². The van der Waals surface area contributed by atoms with Gasteiger partial charge in [0.1, 0.15) is 17.9 Å². The number of hydrogen-bond donors (Lipinski definition) is 0. The van der Waals surface area contributed by atoms with Crippen molar-refractivity contribution in [3.8, 4) is 22.1 Å². The van der Waals surface area contributed by atoms with Gasteiger partial charge in [-0.05, 0) is 32.0 Å². The molecule has 0 atom stereocenters. The quantitative estimate of drug-likeness (QED) is 0.566. The van der Waals surface area contributed by atoms with Crippen LogP contribution in [0.5, 0.6) is 11.5 Å². The largest absolute Gasteiger partial charge is 0.490 e. The zero-order valence-electron chi connectivity index (χ0n) is 14.2. The maximum Gasteiger partial charge on any atom is 0.161 e. The van der Waals surface area contributed by atoms with E-state index in [9.17, 15) is 4.79 Å². The van der Waals surface area contributed by atoms with Crippen LogP contribution in [0.1, 0.15) is 27.9 Å². The maximum absolute atomic E-state index is 10.9. The fourth-order valence-corrected chi connectivity index (χ4v) is 3.38. The van der Waals surface area contributed by atoms with Crippen molar-refractivity contribution in [3.63, 3.8) is 0 Å². The minimum Gasteiger partial charge on any atom is -0.490 e. The summed E-state index contributed by atoms with van der Waals surface area (Å²) < 4.78 is 11.5. The molecule has 3 rings (SSSR count). The third-order valence-electron chi connectivity index (χ3n) is 3.68. The minimum atomic E-state index is 0.414. The van der Waals surface area contributed by atoms with E-state index in [-0.39, 0.29) is 0 Å². The standard InChI is InChI=1S/C20H19NO3S/c1-3-23-18-11-15(12-22)9-10-17(18)24-13-19-14(2)21-20(25-19)16-7-5-4-6-8-16/h4-12H,3,13H2,1-2H3. The van der Waals surface area contributed by atoms with E-state index in [4.69, 9.17) is 9.47 Å². The molecular weight excluding hydrogens is 334 g/mol. The van der Waals surface area contributed by atoms with E-state index in [2.05, 4.69) is 4.98 Å². The molecule has 0 saturated heterocycles. The molecule has 0 aliphatic heterocycles. The third kappa shape index (κ3) is 4.06. The average molecular weight is 353 g/mol. The lowest BCUT2D eigenvalue weighted by molar-refractivity contribution is 0.112. The van der Waals surface area contributed by atoms with Gasteiger partial charge in [0, 0.05) is 11.1 Å². The summed E-state index contributed by atoms with van der Waals surface area (Å²) in [6, 6.07) is 15.3. The van der Waals surface area contributed by atoms with Gasteiger partial charge in [-0.25, -0.2) is 4.98 Å². The van der Waals surface area contributed by atoms with Gasteiger partial charge < -0.3 is 9.47 Å². The fourth-order valence-electron chi connectivity index (χ4n) is 2.39. The molecule has 0 aliphatic rings. The van der Waals surface area contributed by atoms with Crippen LogP contribution < -0.4 is 9.47 Å². The van der Waals surface area contributed by atoms with Gasteiger partial charge in [-0.2, -0.15) is 0 Å². The first-order valence-corrected chi connectivity index (χ1v) is 8.89. The smallest absolute Gasteiger partial charge is 0.161 e. The summed E-state index contributed by atoms with van der Waals surface area (Å²) in [6.07, 6.45) is 0.797. The van der Waals surface area contributed by atoms with E-state index in [1.54, 1.807) is 29.5 Å². The molecule has 0 N–H and O–H groups in total. The van der Waals surface area contributed by atoms with Gasteiger partial charge in [-0.1, -0.05) is 30.3 Å². The molecule has 0 aliphatic carbocycles. The topological polar surface area (TPSA) is 48.4 Å². The predicted octanol–water partition coefficient (Wildman–Crippen LogP) is 4.91. The molecule has 0 amide bonds. The highest BCUT2D eigenvalue weighted by Crippen LogP contribution is 2.32. The van der Waals surface area contributed by atoms with E-state index >= 15 is 0 Å². The highest BCUT2D eigenvalue weighted by Gasteiger charge is 2.12. The molecule has 1 aromatic heterocycles. The molecule has 0 saturated carbocycles. The molecule has 1 heterocycles. The minimum absolute atomic E-state index is 0.414. The zero-order chi connectivity index (χ0) is 17.6. The molecule has 3 aromatic rings. The van der Waals surface area contributed by atoms with Gasteiger partial charge in [0.15, 0.2) is 11.5 Å². The van der Waals surface area contributed by atoms with Crippen molar-refractivity contribution in [1.82, 2.24) is 4.98 Å². The van der Waals surface area contributed by atoms with Gasteiger partial charge in [-0.15, -0.1) is 11.3 Å². The number of aromatic nitrogens is 1. The highest BCUT2D eigenvalue weighted by molar-refractivity contribution is 7.15. The summed E-state index contributed by atoms with van der Waals surface area (Å²) in [5.41, 5.74) is 2.63. The van der Waals surface area contributed by atoms with Gasteiger partial charge in [-0.3, -0.25) is 4.79 Å². The molecule has 4 nitrogen and oxygen atoms in total. The van der Waals surface area contributed by atoms with Crippen molar-refractivity contribution in [3.05, 3.63) is 64.7 Å². The van der Waals surface area contributed by atoms with Crippen molar-refractivity contribution < 1.29 is 14.3 Å². The second kappa shape index (κ2) is 7.94. The van der Waals surface area contributed by atoms with E-state index < -0.39 is 0 Å². The summed E-state index contributed by atoms with van der Waals surface area (Å²) >= 11 is 1.63. The Morgan fingerprint density at radius 1 is 1.08 bits per heavy atom. The summed E-state index contributed by atoms with van der Waals surface area (Å²) in [5, 5.41) is 0.984. The van der Waals surface area contributed by atoms with Crippen LogP contribution in [0.2, 0.25) is 0 Å². The first kappa shape index (κ1) is 17.2. The monoisotopic (exact) mass is 353 g/mol. The van der Waals surface area contributed by atoms with Crippen LogP contribution in [0, 0.1) is 6.92 Å².